The first-order chi connectivity index (χ1) is 7.42. The molecular formula is C11H16N2O3. The molecule has 1 aromatic heterocycles. The van der Waals surface area contributed by atoms with Crippen molar-refractivity contribution in [3.05, 3.63) is 29.6 Å². The minimum atomic E-state index is -1.75. The normalized spacial score (nSPS) is 14.4. The fraction of sp³-hybridized carbons (Fsp3) is 0.455. The van der Waals surface area contributed by atoms with Crippen molar-refractivity contribution in [2.75, 3.05) is 6.54 Å². The van der Waals surface area contributed by atoms with Crippen LogP contribution in [0, 0.1) is 6.92 Å². The molecule has 0 aliphatic heterocycles. The Morgan fingerprint density at radius 3 is 2.81 bits per heavy atom. The van der Waals surface area contributed by atoms with Crippen molar-refractivity contribution in [1.82, 2.24) is 10.3 Å². The number of hydrogen-bond acceptors (Lipinski definition) is 4. The van der Waals surface area contributed by atoms with Gasteiger partial charge >= 0.3 is 5.97 Å². The Bertz CT molecular complexity index is 377. The Morgan fingerprint density at radius 1 is 1.56 bits per heavy atom. The van der Waals surface area contributed by atoms with E-state index in [1.807, 2.05) is 25.1 Å². The summed E-state index contributed by atoms with van der Waals surface area (Å²) in [4.78, 5) is 14.9. The highest BCUT2D eigenvalue weighted by molar-refractivity contribution is 5.76. The van der Waals surface area contributed by atoms with E-state index >= 15 is 0 Å². The first-order valence-corrected chi connectivity index (χ1v) is 5.01. The lowest BCUT2D eigenvalue weighted by Crippen LogP contribution is -2.44. The van der Waals surface area contributed by atoms with Gasteiger partial charge in [-0.15, -0.1) is 0 Å². The Hall–Kier alpha value is -1.46. The van der Waals surface area contributed by atoms with Gasteiger partial charge in [-0.1, -0.05) is 6.07 Å². The quantitative estimate of drug-likeness (QED) is 0.670. The molecule has 1 aromatic rings. The molecule has 0 fully saturated rings. The summed E-state index contributed by atoms with van der Waals surface area (Å²) < 4.78 is 0. The van der Waals surface area contributed by atoms with Crippen LogP contribution in [0.1, 0.15) is 18.3 Å². The Morgan fingerprint density at radius 2 is 2.25 bits per heavy atom. The number of aliphatic carboxylic acids is 1. The zero-order valence-corrected chi connectivity index (χ0v) is 9.40. The molecule has 5 heteroatoms. The third kappa shape index (κ3) is 3.60. The number of pyridine rings is 1. The van der Waals surface area contributed by atoms with Crippen LogP contribution in [-0.4, -0.2) is 33.3 Å². The Labute approximate surface area is 94.1 Å². The first kappa shape index (κ1) is 12.6. The third-order valence-electron chi connectivity index (χ3n) is 2.18. The number of nitrogens with zero attached hydrogens (tertiary/aromatic N) is 1. The lowest BCUT2D eigenvalue weighted by atomic mass is 10.1. The fourth-order valence-corrected chi connectivity index (χ4v) is 1.21. The monoisotopic (exact) mass is 224 g/mol. The van der Waals surface area contributed by atoms with E-state index in [-0.39, 0.29) is 6.54 Å². The van der Waals surface area contributed by atoms with Crippen molar-refractivity contribution >= 4 is 5.97 Å². The second-order valence-corrected chi connectivity index (χ2v) is 3.95. The van der Waals surface area contributed by atoms with E-state index in [0.29, 0.717) is 6.54 Å². The van der Waals surface area contributed by atoms with Gasteiger partial charge in [0.15, 0.2) is 5.60 Å². The molecule has 1 heterocycles. The molecule has 0 radical (unpaired) electrons. The third-order valence-corrected chi connectivity index (χ3v) is 2.18. The van der Waals surface area contributed by atoms with Crippen LogP contribution in [0.25, 0.3) is 0 Å². The summed E-state index contributed by atoms with van der Waals surface area (Å²) in [6.07, 6.45) is 0. The van der Waals surface area contributed by atoms with Gasteiger partial charge in [0.25, 0.3) is 0 Å². The minimum Gasteiger partial charge on any atom is -0.479 e. The van der Waals surface area contributed by atoms with Crippen LogP contribution in [0.5, 0.6) is 0 Å². The van der Waals surface area contributed by atoms with E-state index in [9.17, 15) is 9.90 Å². The number of aromatic nitrogens is 1. The van der Waals surface area contributed by atoms with Crippen LogP contribution in [0.15, 0.2) is 18.2 Å². The van der Waals surface area contributed by atoms with Crippen LogP contribution in [0.3, 0.4) is 0 Å². The number of carboxylic acids is 1. The molecule has 88 valence electrons. The first-order valence-electron chi connectivity index (χ1n) is 5.01. The van der Waals surface area contributed by atoms with Crippen LogP contribution >= 0.6 is 0 Å². The van der Waals surface area contributed by atoms with E-state index in [0.717, 1.165) is 11.4 Å². The molecule has 1 rings (SSSR count). The van der Waals surface area contributed by atoms with Crippen molar-refractivity contribution in [2.45, 2.75) is 26.0 Å². The molecule has 0 saturated heterocycles. The lowest BCUT2D eigenvalue weighted by molar-refractivity contribution is -0.156. The highest BCUT2D eigenvalue weighted by Gasteiger charge is 2.28. The molecule has 3 N–H and O–H groups in total. The molecule has 0 aliphatic carbocycles. The zero-order chi connectivity index (χ0) is 12.2. The number of aliphatic hydroxyl groups is 1. The van der Waals surface area contributed by atoms with Crippen LogP contribution in [0.2, 0.25) is 0 Å². The summed E-state index contributed by atoms with van der Waals surface area (Å²) in [5.74, 6) is -1.24. The standard InChI is InChI=1S/C11H16N2O3/c1-8-4-3-5-9(13-8)6-12-7-11(2,16)10(14)15/h3-5,12,16H,6-7H2,1-2H3,(H,14,15). The fourth-order valence-electron chi connectivity index (χ4n) is 1.21. The summed E-state index contributed by atoms with van der Waals surface area (Å²) in [6, 6.07) is 5.61. The van der Waals surface area contributed by atoms with Crippen molar-refractivity contribution in [2.24, 2.45) is 0 Å². The molecule has 1 unspecified atom stereocenters. The second-order valence-electron chi connectivity index (χ2n) is 3.95. The maximum atomic E-state index is 10.6. The topological polar surface area (TPSA) is 82.5 Å². The lowest BCUT2D eigenvalue weighted by Gasteiger charge is -2.18. The number of nitrogens with one attached hydrogen (secondary N) is 1. The molecule has 1 atom stereocenters. The maximum Gasteiger partial charge on any atom is 0.336 e. The van der Waals surface area contributed by atoms with Gasteiger partial charge in [0.05, 0.1) is 5.69 Å². The van der Waals surface area contributed by atoms with E-state index in [1.165, 1.54) is 6.92 Å². The summed E-state index contributed by atoms with van der Waals surface area (Å²) in [5.41, 5.74) is -0.0189. The van der Waals surface area contributed by atoms with Gasteiger partial charge in [-0.2, -0.15) is 0 Å². The Balaban J connectivity index is 2.45. The highest BCUT2D eigenvalue weighted by Crippen LogP contribution is 2.02. The molecule has 0 spiro atoms. The van der Waals surface area contributed by atoms with Crippen molar-refractivity contribution in [1.29, 1.82) is 0 Å². The maximum absolute atomic E-state index is 10.6. The molecule has 0 amide bonds. The molecule has 0 saturated carbocycles. The summed E-state index contributed by atoms with van der Waals surface area (Å²) in [5, 5.41) is 21.0. The number of rotatable bonds is 5. The van der Waals surface area contributed by atoms with Gasteiger partial charge in [-0.3, -0.25) is 4.98 Å². The molecule has 5 nitrogen and oxygen atoms in total. The van der Waals surface area contributed by atoms with Gasteiger partial charge in [0, 0.05) is 18.8 Å². The van der Waals surface area contributed by atoms with Gasteiger partial charge in [0.2, 0.25) is 0 Å². The smallest absolute Gasteiger partial charge is 0.336 e. The molecule has 0 bridgehead atoms. The van der Waals surface area contributed by atoms with E-state index < -0.39 is 11.6 Å². The minimum absolute atomic E-state index is 0.0159. The van der Waals surface area contributed by atoms with E-state index in [4.69, 9.17) is 5.11 Å². The highest BCUT2D eigenvalue weighted by atomic mass is 16.4. The van der Waals surface area contributed by atoms with Gasteiger partial charge < -0.3 is 15.5 Å². The number of hydrogen-bond donors (Lipinski definition) is 3. The summed E-state index contributed by atoms with van der Waals surface area (Å²) in [7, 11) is 0. The Kier molecular flexibility index (Phi) is 3.98. The average molecular weight is 224 g/mol. The SMILES string of the molecule is Cc1cccc(CNCC(C)(O)C(=O)O)n1. The van der Waals surface area contributed by atoms with Crippen molar-refractivity contribution in [3.63, 3.8) is 0 Å². The number of carbonyl (C=O) groups is 1. The summed E-state index contributed by atoms with van der Waals surface area (Å²) >= 11 is 0. The second kappa shape index (κ2) is 5.05. The van der Waals surface area contributed by atoms with Crippen LogP contribution in [-0.2, 0) is 11.3 Å². The van der Waals surface area contributed by atoms with E-state index in [2.05, 4.69) is 10.3 Å². The number of carboxylic acid groups (broad SMARTS) is 1. The molecule has 0 aromatic carbocycles. The number of aryl methyl sites for hydroxylation is 1. The molecular weight excluding hydrogens is 208 g/mol. The summed E-state index contributed by atoms with van der Waals surface area (Å²) in [6.45, 7) is 3.56. The largest absolute Gasteiger partial charge is 0.479 e. The zero-order valence-electron chi connectivity index (χ0n) is 9.40. The van der Waals surface area contributed by atoms with Crippen molar-refractivity contribution in [3.8, 4) is 0 Å². The average Bonchev–Trinajstić information content (AvgIpc) is 2.17. The van der Waals surface area contributed by atoms with E-state index in [1.54, 1.807) is 0 Å². The van der Waals surface area contributed by atoms with Gasteiger partial charge in [-0.25, -0.2) is 4.79 Å². The van der Waals surface area contributed by atoms with Gasteiger partial charge in [0.1, 0.15) is 0 Å². The van der Waals surface area contributed by atoms with Crippen molar-refractivity contribution < 1.29 is 15.0 Å². The predicted molar refractivity (Wildman–Crippen MR) is 58.9 cm³/mol. The van der Waals surface area contributed by atoms with Crippen LogP contribution in [0.4, 0.5) is 0 Å². The molecule has 16 heavy (non-hydrogen) atoms. The van der Waals surface area contributed by atoms with Gasteiger partial charge in [-0.05, 0) is 26.0 Å². The molecule has 0 aliphatic rings. The predicted octanol–water partition coefficient (Wildman–Crippen LogP) is 0.315. The van der Waals surface area contributed by atoms with Crippen LogP contribution < -0.4 is 5.32 Å².